The van der Waals surface area contributed by atoms with E-state index in [4.69, 9.17) is 5.11 Å². The predicted octanol–water partition coefficient (Wildman–Crippen LogP) is 4.47. The van der Waals surface area contributed by atoms with E-state index in [9.17, 15) is 14.7 Å². The molecule has 1 amide bonds. The van der Waals surface area contributed by atoms with Crippen LogP contribution in [0.4, 0.5) is 5.69 Å². The number of amides is 1. The quantitative estimate of drug-likeness (QED) is 0.305. The van der Waals surface area contributed by atoms with Gasteiger partial charge in [-0.1, -0.05) is 15.9 Å². The maximum Gasteiger partial charge on any atom is 0.339 e. The van der Waals surface area contributed by atoms with Crippen molar-refractivity contribution in [2.45, 2.75) is 0 Å². The molecule has 0 aliphatic carbocycles. The van der Waals surface area contributed by atoms with Gasteiger partial charge < -0.3 is 15.5 Å². The van der Waals surface area contributed by atoms with E-state index in [1.54, 1.807) is 6.07 Å². The fourth-order valence-corrected chi connectivity index (χ4v) is 3.49. The molecule has 0 aliphatic heterocycles. The molecule has 0 radical (unpaired) electrons. The Morgan fingerprint density at radius 3 is 2.41 bits per heavy atom. The van der Waals surface area contributed by atoms with Gasteiger partial charge >= 0.3 is 5.97 Å². The highest BCUT2D eigenvalue weighted by atomic mass is 127. The molecule has 0 fully saturated rings. The van der Waals surface area contributed by atoms with E-state index in [-0.39, 0.29) is 22.9 Å². The second-order valence-corrected chi connectivity index (χ2v) is 7.09. The number of aromatic carboxylic acids is 1. The smallest absolute Gasteiger partial charge is 0.339 e. The van der Waals surface area contributed by atoms with Crippen LogP contribution in [0.1, 0.15) is 20.7 Å². The van der Waals surface area contributed by atoms with Crippen LogP contribution in [0.15, 0.2) is 39.3 Å². The third-order valence-electron chi connectivity index (χ3n) is 2.72. The third kappa shape index (κ3) is 3.79. The fourth-order valence-electron chi connectivity index (χ4n) is 1.70. The molecule has 0 saturated carbocycles. The maximum atomic E-state index is 12.3. The van der Waals surface area contributed by atoms with E-state index in [2.05, 4.69) is 37.2 Å². The van der Waals surface area contributed by atoms with Gasteiger partial charge in [-0.15, -0.1) is 0 Å². The molecule has 2 aromatic carbocycles. The first-order valence-electron chi connectivity index (χ1n) is 5.82. The molecule has 2 rings (SSSR count). The van der Waals surface area contributed by atoms with Crippen molar-refractivity contribution in [1.29, 1.82) is 0 Å². The van der Waals surface area contributed by atoms with E-state index in [1.807, 2.05) is 28.7 Å². The van der Waals surface area contributed by atoms with Crippen LogP contribution in [0.3, 0.4) is 0 Å². The molecule has 3 N–H and O–H groups in total. The van der Waals surface area contributed by atoms with Gasteiger partial charge in [-0.2, -0.15) is 0 Å². The summed E-state index contributed by atoms with van der Waals surface area (Å²) in [5.74, 6) is -2.01. The Bertz CT molecular complexity index is 780. The highest BCUT2D eigenvalue weighted by Crippen LogP contribution is 2.28. The molecule has 0 unspecified atom stereocenters. The highest BCUT2D eigenvalue weighted by Gasteiger charge is 2.16. The topological polar surface area (TPSA) is 86.6 Å². The average molecular weight is 541 g/mol. The van der Waals surface area contributed by atoms with Gasteiger partial charge in [0.25, 0.3) is 5.91 Å². The molecule has 0 heterocycles. The van der Waals surface area contributed by atoms with Crippen molar-refractivity contribution < 1.29 is 19.8 Å². The van der Waals surface area contributed by atoms with Crippen molar-refractivity contribution >= 4 is 72.0 Å². The van der Waals surface area contributed by atoms with Gasteiger partial charge in [-0.05, 0) is 68.9 Å². The second kappa shape index (κ2) is 6.97. The van der Waals surface area contributed by atoms with Crippen LogP contribution in [0, 0.1) is 3.57 Å². The molecule has 0 spiro atoms. The molecule has 2 aromatic rings. The number of carbonyl (C=O) groups is 2. The number of carboxylic acids is 1. The molecule has 5 nitrogen and oxygen atoms in total. The number of hydrogen-bond donors (Lipinski definition) is 3. The van der Waals surface area contributed by atoms with Crippen molar-refractivity contribution in [1.82, 2.24) is 0 Å². The minimum atomic E-state index is -1.27. The maximum absolute atomic E-state index is 12.3. The van der Waals surface area contributed by atoms with E-state index in [0.29, 0.717) is 5.56 Å². The summed E-state index contributed by atoms with van der Waals surface area (Å²) < 4.78 is 2.24. The molecule has 0 aliphatic rings. The van der Waals surface area contributed by atoms with Crippen LogP contribution in [0.5, 0.6) is 5.75 Å². The summed E-state index contributed by atoms with van der Waals surface area (Å²) in [6.07, 6.45) is 0. The van der Waals surface area contributed by atoms with Gasteiger partial charge in [0.15, 0.2) is 0 Å². The van der Waals surface area contributed by atoms with E-state index in [0.717, 1.165) is 12.5 Å². The average Bonchev–Trinajstić information content (AvgIpc) is 2.44. The van der Waals surface area contributed by atoms with Crippen LogP contribution in [0.2, 0.25) is 0 Å². The van der Waals surface area contributed by atoms with Gasteiger partial charge in [0, 0.05) is 18.2 Å². The SMILES string of the molecule is O=C(O)c1cc(NC(=O)c2cc(Br)cc(Br)c2I)ccc1O. The number of hydrogen-bond acceptors (Lipinski definition) is 3. The van der Waals surface area contributed by atoms with E-state index < -0.39 is 5.97 Å². The summed E-state index contributed by atoms with van der Waals surface area (Å²) >= 11 is 8.72. The monoisotopic (exact) mass is 539 g/mol. The highest BCUT2D eigenvalue weighted by molar-refractivity contribution is 14.1. The minimum absolute atomic E-state index is 0.275. The van der Waals surface area contributed by atoms with Crippen molar-refractivity contribution in [2.24, 2.45) is 0 Å². The van der Waals surface area contributed by atoms with Gasteiger partial charge in [0.2, 0.25) is 0 Å². The number of phenols is 1. The summed E-state index contributed by atoms with van der Waals surface area (Å²) in [5, 5.41) is 21.1. The van der Waals surface area contributed by atoms with Crippen LogP contribution >= 0.6 is 54.5 Å². The lowest BCUT2D eigenvalue weighted by Gasteiger charge is -2.10. The number of carboxylic acid groups (broad SMARTS) is 1. The number of benzene rings is 2. The minimum Gasteiger partial charge on any atom is -0.507 e. The first-order valence-corrected chi connectivity index (χ1v) is 8.48. The van der Waals surface area contributed by atoms with Gasteiger partial charge in [-0.25, -0.2) is 4.79 Å². The van der Waals surface area contributed by atoms with Gasteiger partial charge in [0.1, 0.15) is 11.3 Å². The largest absolute Gasteiger partial charge is 0.507 e. The molecule has 22 heavy (non-hydrogen) atoms. The van der Waals surface area contributed by atoms with E-state index in [1.165, 1.54) is 18.2 Å². The predicted molar refractivity (Wildman–Crippen MR) is 97.6 cm³/mol. The zero-order valence-corrected chi connectivity index (χ0v) is 16.1. The Morgan fingerprint density at radius 2 is 1.77 bits per heavy atom. The number of rotatable bonds is 3. The molecular weight excluding hydrogens is 533 g/mol. The fraction of sp³-hybridized carbons (Fsp3) is 0. The normalized spacial score (nSPS) is 10.3. The Hall–Kier alpha value is -1.13. The van der Waals surface area contributed by atoms with Crippen LogP contribution in [0.25, 0.3) is 0 Å². The molecule has 0 aromatic heterocycles. The molecule has 8 heteroatoms. The zero-order chi connectivity index (χ0) is 16.4. The first kappa shape index (κ1) is 17.2. The van der Waals surface area contributed by atoms with Gasteiger partial charge in [0.05, 0.1) is 5.56 Å². The zero-order valence-electron chi connectivity index (χ0n) is 10.7. The Balaban J connectivity index is 2.34. The number of nitrogens with one attached hydrogen (secondary N) is 1. The first-order chi connectivity index (χ1) is 10.3. The summed E-state index contributed by atoms with van der Waals surface area (Å²) in [6.45, 7) is 0. The standard InChI is InChI=1S/C14H8Br2INO4/c15-6-3-9(12(17)10(16)4-6)13(20)18-7-1-2-11(19)8(5-7)14(21)22/h1-5,19H,(H,18,20)(H,21,22). The van der Waals surface area contributed by atoms with Crippen molar-refractivity contribution in [3.05, 3.63) is 54.0 Å². The summed E-state index contributed by atoms with van der Waals surface area (Å²) in [6, 6.07) is 7.35. The molecule has 0 saturated heterocycles. The molecule has 0 bridgehead atoms. The van der Waals surface area contributed by atoms with Crippen molar-refractivity contribution in [3.63, 3.8) is 0 Å². The van der Waals surface area contributed by atoms with Crippen LogP contribution in [-0.2, 0) is 0 Å². The van der Waals surface area contributed by atoms with Crippen LogP contribution < -0.4 is 5.32 Å². The third-order valence-corrected chi connectivity index (χ3v) is 5.71. The lowest BCUT2D eigenvalue weighted by Crippen LogP contribution is -2.14. The Labute approximate surface area is 156 Å². The molecule has 114 valence electrons. The number of aromatic hydroxyl groups is 1. The number of anilines is 1. The lowest BCUT2D eigenvalue weighted by atomic mass is 10.1. The van der Waals surface area contributed by atoms with E-state index >= 15 is 0 Å². The van der Waals surface area contributed by atoms with Crippen LogP contribution in [-0.4, -0.2) is 22.1 Å². The van der Waals surface area contributed by atoms with Gasteiger partial charge in [-0.3, -0.25) is 4.79 Å². The summed E-state index contributed by atoms with van der Waals surface area (Å²) in [5.41, 5.74) is 0.446. The van der Waals surface area contributed by atoms with Crippen molar-refractivity contribution in [3.8, 4) is 5.75 Å². The lowest BCUT2D eigenvalue weighted by molar-refractivity contribution is 0.0693. The number of halogens is 3. The Morgan fingerprint density at radius 1 is 1.09 bits per heavy atom. The number of carbonyl (C=O) groups excluding carboxylic acids is 1. The molecular formula is C14H8Br2INO4. The summed E-state index contributed by atoms with van der Waals surface area (Å²) in [4.78, 5) is 23.3. The van der Waals surface area contributed by atoms with Crippen molar-refractivity contribution in [2.75, 3.05) is 5.32 Å². The second-order valence-electron chi connectivity index (χ2n) is 4.24. The summed E-state index contributed by atoms with van der Waals surface area (Å²) in [7, 11) is 0. The molecule has 0 atom stereocenters. The Kier molecular flexibility index (Phi) is 5.45.